The first kappa shape index (κ1) is 13.2. The number of hydrogen-bond acceptors (Lipinski definition) is 4. The number of amides is 1. The Morgan fingerprint density at radius 3 is 2.84 bits per heavy atom. The molecule has 2 heterocycles. The molecule has 1 unspecified atom stereocenters. The molecule has 0 fully saturated rings. The van der Waals surface area contributed by atoms with Crippen molar-refractivity contribution in [2.24, 2.45) is 0 Å². The van der Waals surface area contributed by atoms with Crippen molar-refractivity contribution in [3.8, 4) is 0 Å². The maximum absolute atomic E-state index is 11.9. The van der Waals surface area contributed by atoms with Crippen LogP contribution in [0, 0.1) is 13.8 Å². The van der Waals surface area contributed by atoms with Crippen molar-refractivity contribution in [3.63, 3.8) is 0 Å². The zero-order chi connectivity index (χ0) is 14.0. The maximum atomic E-state index is 11.9. The number of nitrogens with two attached hydrogens (primary N) is 1. The molecule has 19 heavy (non-hydrogen) atoms. The molecule has 2 rings (SSSR count). The number of anilines is 1. The molecule has 0 aliphatic rings. The molecule has 1 amide bonds. The zero-order valence-corrected chi connectivity index (χ0v) is 11.3. The summed E-state index contributed by atoms with van der Waals surface area (Å²) in [5.41, 5.74) is 8.00. The van der Waals surface area contributed by atoms with Gasteiger partial charge in [-0.05, 0) is 32.9 Å². The fraction of sp³-hybridized carbons (Fsp3) is 0.385. The highest BCUT2D eigenvalue weighted by atomic mass is 16.3. The van der Waals surface area contributed by atoms with Crippen molar-refractivity contribution in [2.45, 2.75) is 33.4 Å². The monoisotopic (exact) mass is 262 g/mol. The van der Waals surface area contributed by atoms with E-state index in [1.54, 1.807) is 17.0 Å². The van der Waals surface area contributed by atoms with E-state index in [9.17, 15) is 4.79 Å². The van der Waals surface area contributed by atoms with Crippen LogP contribution in [-0.2, 0) is 11.3 Å². The van der Waals surface area contributed by atoms with E-state index in [1.807, 2.05) is 26.8 Å². The van der Waals surface area contributed by atoms with Crippen molar-refractivity contribution in [1.29, 1.82) is 0 Å². The third-order valence-corrected chi connectivity index (χ3v) is 3.08. The summed E-state index contributed by atoms with van der Waals surface area (Å²) in [6.45, 7) is 5.68. The van der Waals surface area contributed by atoms with E-state index in [4.69, 9.17) is 10.2 Å². The normalized spacial score (nSPS) is 12.4. The number of aromatic nitrogens is 2. The van der Waals surface area contributed by atoms with Crippen LogP contribution in [0.5, 0.6) is 0 Å². The summed E-state index contributed by atoms with van der Waals surface area (Å²) in [6.07, 6.45) is 1.58. The van der Waals surface area contributed by atoms with E-state index < -0.39 is 0 Å². The van der Waals surface area contributed by atoms with Gasteiger partial charge in [0, 0.05) is 0 Å². The molecule has 0 aliphatic heterocycles. The van der Waals surface area contributed by atoms with E-state index in [0.717, 1.165) is 17.1 Å². The summed E-state index contributed by atoms with van der Waals surface area (Å²) in [4.78, 5) is 11.9. The number of nitrogen functional groups attached to an aromatic ring is 1. The van der Waals surface area contributed by atoms with Gasteiger partial charge in [-0.3, -0.25) is 9.48 Å². The lowest BCUT2D eigenvalue weighted by molar-refractivity contribution is -0.122. The summed E-state index contributed by atoms with van der Waals surface area (Å²) in [5, 5.41) is 7.08. The van der Waals surface area contributed by atoms with Crippen molar-refractivity contribution in [3.05, 3.63) is 35.5 Å². The molecule has 0 aromatic carbocycles. The smallest absolute Gasteiger partial charge is 0.242 e. The highest BCUT2D eigenvalue weighted by Crippen LogP contribution is 2.15. The SMILES string of the molecule is Cc1nn(CC(=O)NC(C)c2ccco2)c(C)c1N. The van der Waals surface area contributed by atoms with Crippen molar-refractivity contribution < 1.29 is 9.21 Å². The highest BCUT2D eigenvalue weighted by Gasteiger charge is 2.15. The summed E-state index contributed by atoms with van der Waals surface area (Å²) >= 11 is 0. The highest BCUT2D eigenvalue weighted by molar-refractivity contribution is 5.76. The molecule has 1 atom stereocenters. The van der Waals surface area contributed by atoms with Crippen LogP contribution in [-0.4, -0.2) is 15.7 Å². The van der Waals surface area contributed by atoms with Crippen LogP contribution < -0.4 is 11.1 Å². The second-order valence-corrected chi connectivity index (χ2v) is 4.55. The van der Waals surface area contributed by atoms with Crippen LogP contribution in [0.2, 0.25) is 0 Å². The molecule has 6 nitrogen and oxygen atoms in total. The van der Waals surface area contributed by atoms with E-state index in [-0.39, 0.29) is 18.5 Å². The molecular formula is C13H18N4O2. The van der Waals surface area contributed by atoms with Crippen LogP contribution in [0.25, 0.3) is 0 Å². The number of aryl methyl sites for hydroxylation is 1. The van der Waals surface area contributed by atoms with Crippen molar-refractivity contribution in [2.75, 3.05) is 5.73 Å². The van der Waals surface area contributed by atoms with Crippen molar-refractivity contribution in [1.82, 2.24) is 15.1 Å². The Morgan fingerprint density at radius 2 is 2.32 bits per heavy atom. The Bertz CT molecular complexity index is 572. The Morgan fingerprint density at radius 1 is 1.58 bits per heavy atom. The lowest BCUT2D eigenvalue weighted by Gasteiger charge is -2.12. The number of hydrogen-bond donors (Lipinski definition) is 2. The Labute approximate surface area is 111 Å². The van der Waals surface area contributed by atoms with Gasteiger partial charge in [0.25, 0.3) is 0 Å². The first-order valence-corrected chi connectivity index (χ1v) is 6.11. The van der Waals surface area contributed by atoms with Crippen LogP contribution >= 0.6 is 0 Å². The van der Waals surface area contributed by atoms with Gasteiger partial charge in [-0.15, -0.1) is 0 Å². The third-order valence-electron chi connectivity index (χ3n) is 3.08. The van der Waals surface area contributed by atoms with E-state index >= 15 is 0 Å². The van der Waals surface area contributed by atoms with Crippen molar-refractivity contribution >= 4 is 11.6 Å². The van der Waals surface area contributed by atoms with Gasteiger partial charge in [-0.2, -0.15) is 5.10 Å². The van der Waals surface area contributed by atoms with Crippen LogP contribution in [0.1, 0.15) is 30.1 Å². The molecule has 102 valence electrons. The zero-order valence-electron chi connectivity index (χ0n) is 11.3. The average molecular weight is 262 g/mol. The quantitative estimate of drug-likeness (QED) is 0.875. The molecule has 0 spiro atoms. The van der Waals surface area contributed by atoms with Crippen LogP contribution in [0.15, 0.2) is 22.8 Å². The molecular weight excluding hydrogens is 244 g/mol. The second-order valence-electron chi connectivity index (χ2n) is 4.55. The third kappa shape index (κ3) is 2.78. The molecule has 6 heteroatoms. The summed E-state index contributed by atoms with van der Waals surface area (Å²) in [6, 6.07) is 3.45. The fourth-order valence-electron chi connectivity index (χ4n) is 1.90. The molecule has 3 N–H and O–H groups in total. The van der Waals surface area contributed by atoms with Gasteiger partial charge in [0.1, 0.15) is 12.3 Å². The molecule has 0 aliphatic carbocycles. The minimum atomic E-state index is -0.170. The average Bonchev–Trinajstić information content (AvgIpc) is 2.96. The summed E-state index contributed by atoms with van der Waals surface area (Å²) in [5.74, 6) is 0.593. The second kappa shape index (κ2) is 5.17. The molecule has 0 saturated heterocycles. The minimum Gasteiger partial charge on any atom is -0.467 e. The van der Waals surface area contributed by atoms with E-state index in [1.165, 1.54) is 0 Å². The Hall–Kier alpha value is -2.24. The van der Waals surface area contributed by atoms with Gasteiger partial charge < -0.3 is 15.5 Å². The van der Waals surface area contributed by atoms with Gasteiger partial charge in [-0.1, -0.05) is 0 Å². The van der Waals surface area contributed by atoms with Crippen LogP contribution in [0.3, 0.4) is 0 Å². The van der Waals surface area contributed by atoms with Gasteiger partial charge >= 0.3 is 0 Å². The standard InChI is InChI=1S/C13H18N4O2/c1-8(11-5-4-6-19-11)15-12(18)7-17-10(3)13(14)9(2)16-17/h4-6,8H,7,14H2,1-3H3,(H,15,18). The largest absolute Gasteiger partial charge is 0.467 e. The lowest BCUT2D eigenvalue weighted by atomic mass is 10.2. The first-order chi connectivity index (χ1) is 8.99. The predicted molar refractivity (Wildman–Crippen MR) is 71.4 cm³/mol. The van der Waals surface area contributed by atoms with E-state index in [0.29, 0.717) is 5.69 Å². The topological polar surface area (TPSA) is 86.1 Å². The summed E-state index contributed by atoms with van der Waals surface area (Å²) < 4.78 is 6.84. The van der Waals surface area contributed by atoms with Gasteiger partial charge in [0.05, 0.1) is 29.4 Å². The Balaban J connectivity index is 2.00. The molecule has 0 saturated carbocycles. The minimum absolute atomic E-state index is 0.130. The lowest BCUT2D eigenvalue weighted by Crippen LogP contribution is -2.30. The molecule has 0 bridgehead atoms. The predicted octanol–water partition coefficient (Wildman–Crippen LogP) is 1.55. The number of furan rings is 1. The first-order valence-electron chi connectivity index (χ1n) is 6.11. The maximum Gasteiger partial charge on any atom is 0.242 e. The molecule has 0 radical (unpaired) electrons. The van der Waals surface area contributed by atoms with Gasteiger partial charge in [0.15, 0.2) is 0 Å². The molecule has 2 aromatic rings. The number of carbonyl (C=O) groups excluding carboxylic acids is 1. The Kier molecular flexibility index (Phi) is 3.59. The number of nitrogens with one attached hydrogen (secondary N) is 1. The summed E-state index contributed by atoms with van der Waals surface area (Å²) in [7, 11) is 0. The number of rotatable bonds is 4. The van der Waals surface area contributed by atoms with Crippen LogP contribution in [0.4, 0.5) is 5.69 Å². The number of nitrogens with zero attached hydrogens (tertiary/aromatic N) is 2. The van der Waals surface area contributed by atoms with Gasteiger partial charge in [0.2, 0.25) is 5.91 Å². The van der Waals surface area contributed by atoms with E-state index in [2.05, 4.69) is 10.4 Å². The number of carbonyl (C=O) groups is 1. The fourth-order valence-corrected chi connectivity index (χ4v) is 1.90. The molecule has 2 aromatic heterocycles. The van der Waals surface area contributed by atoms with Gasteiger partial charge in [-0.25, -0.2) is 0 Å².